The number of nitriles is 1. The van der Waals surface area contributed by atoms with Gasteiger partial charge in [-0.3, -0.25) is 4.39 Å². The van der Waals surface area contributed by atoms with E-state index >= 15 is 0 Å². The summed E-state index contributed by atoms with van der Waals surface area (Å²) in [6.07, 6.45) is 2.83. The number of hydrogen-bond donors (Lipinski definition) is 0. The summed E-state index contributed by atoms with van der Waals surface area (Å²) in [5.41, 5.74) is 11.0. The van der Waals surface area contributed by atoms with Gasteiger partial charge in [0.25, 0.3) is 0 Å². The van der Waals surface area contributed by atoms with Crippen LogP contribution in [0.25, 0.3) is 66.7 Å². The van der Waals surface area contributed by atoms with E-state index in [0.29, 0.717) is 11.1 Å². The SMILES string of the molecule is CC(C)c1cc(C#N)cc(C(C)C)c1-c1ccnc(-c2[c-]ccc3c2oc2c(-c4ccccc4)cccc23)c1.[2H]C([2H])([2H])c1cnc(-c2[c-]cc(F)cc2)cc1F.[Ir]. The summed E-state index contributed by atoms with van der Waals surface area (Å²) in [4.78, 5) is 8.63. The number of furan rings is 1. The van der Waals surface area contributed by atoms with Crippen molar-refractivity contribution in [2.24, 2.45) is 0 Å². The summed E-state index contributed by atoms with van der Waals surface area (Å²) >= 11 is 0. The van der Waals surface area contributed by atoms with Crippen LogP contribution in [0.5, 0.6) is 0 Å². The minimum atomic E-state index is -2.54. The van der Waals surface area contributed by atoms with Crippen molar-refractivity contribution in [3.05, 3.63) is 168 Å². The first-order valence-corrected chi connectivity index (χ1v) is 17.6. The Morgan fingerprint density at radius 2 is 1.51 bits per heavy atom. The molecule has 0 N–H and O–H groups in total. The number of pyridine rings is 2. The molecule has 275 valence electrons. The average Bonchev–Trinajstić information content (AvgIpc) is 3.60. The number of aromatic nitrogens is 2. The van der Waals surface area contributed by atoms with Gasteiger partial charge in [0.05, 0.1) is 17.2 Å². The van der Waals surface area contributed by atoms with Crippen LogP contribution < -0.4 is 0 Å². The molecule has 55 heavy (non-hydrogen) atoms. The maximum Gasteiger partial charge on any atom is 0.128 e. The van der Waals surface area contributed by atoms with Crippen LogP contribution in [0.15, 0.2) is 126 Å². The van der Waals surface area contributed by atoms with Crippen molar-refractivity contribution < 1.29 is 37.4 Å². The summed E-state index contributed by atoms with van der Waals surface area (Å²) in [7, 11) is 0. The second-order valence-corrected chi connectivity index (χ2v) is 13.6. The maximum absolute atomic E-state index is 13.6. The molecule has 5 aromatic carbocycles. The largest absolute Gasteiger partial charge is 0.500 e. The normalized spacial score (nSPS) is 12.0. The molecule has 8 rings (SSSR count). The Morgan fingerprint density at radius 1 is 0.764 bits per heavy atom. The summed E-state index contributed by atoms with van der Waals surface area (Å²) in [5, 5.41) is 11.8. The van der Waals surface area contributed by atoms with E-state index in [0.717, 1.165) is 68.2 Å². The topological polar surface area (TPSA) is 62.7 Å². The third-order valence-corrected chi connectivity index (χ3v) is 9.32. The predicted octanol–water partition coefficient (Wildman–Crippen LogP) is 13.0. The maximum atomic E-state index is 13.6. The molecule has 4 nitrogen and oxygen atoms in total. The third-order valence-electron chi connectivity index (χ3n) is 9.32. The van der Waals surface area contributed by atoms with Crippen molar-refractivity contribution in [3.8, 4) is 50.8 Å². The Morgan fingerprint density at radius 3 is 2.16 bits per heavy atom. The molecule has 8 aromatic rings. The van der Waals surface area contributed by atoms with E-state index in [1.54, 1.807) is 0 Å². The van der Waals surface area contributed by atoms with Crippen molar-refractivity contribution in [2.45, 2.75) is 46.4 Å². The van der Waals surface area contributed by atoms with Crippen LogP contribution in [-0.4, -0.2) is 9.97 Å². The minimum Gasteiger partial charge on any atom is -0.500 e. The molecular weight excluding hydrogens is 865 g/mol. The number of rotatable bonds is 6. The van der Waals surface area contributed by atoms with Gasteiger partial charge in [-0.15, -0.1) is 48.0 Å². The van der Waals surface area contributed by atoms with Crippen molar-refractivity contribution in [2.75, 3.05) is 0 Å². The molecular formula is C48H37F2IrN3O-2. The van der Waals surface area contributed by atoms with Crippen molar-refractivity contribution >= 4 is 21.9 Å². The Hall–Kier alpha value is -5.80. The van der Waals surface area contributed by atoms with Crippen LogP contribution in [-0.2, 0) is 20.1 Å². The number of aryl methyl sites for hydroxylation is 1. The molecule has 3 aromatic heterocycles. The third kappa shape index (κ3) is 8.03. The van der Waals surface area contributed by atoms with Gasteiger partial charge in [0.15, 0.2) is 0 Å². The number of halogens is 2. The number of fused-ring (bicyclic) bond motifs is 3. The average molecular weight is 905 g/mol. The van der Waals surface area contributed by atoms with E-state index in [-0.39, 0.29) is 37.6 Å². The van der Waals surface area contributed by atoms with Gasteiger partial charge in [-0.2, -0.15) is 5.26 Å². The van der Waals surface area contributed by atoms with Gasteiger partial charge in [0, 0.05) is 58.9 Å². The smallest absolute Gasteiger partial charge is 0.128 e. The monoisotopic (exact) mass is 905 g/mol. The van der Waals surface area contributed by atoms with Crippen LogP contribution in [0.3, 0.4) is 0 Å². The van der Waals surface area contributed by atoms with Gasteiger partial charge in [-0.1, -0.05) is 93.2 Å². The van der Waals surface area contributed by atoms with Gasteiger partial charge >= 0.3 is 0 Å². The summed E-state index contributed by atoms with van der Waals surface area (Å²) in [6, 6.07) is 42.0. The Kier molecular flexibility index (Phi) is 10.6. The molecule has 0 saturated carbocycles. The second-order valence-electron chi connectivity index (χ2n) is 13.6. The first kappa shape index (κ1) is 34.9. The molecule has 0 aliphatic rings. The molecule has 0 unspecified atom stereocenters. The van der Waals surface area contributed by atoms with Crippen LogP contribution in [0.1, 0.15) is 65.9 Å². The predicted molar refractivity (Wildman–Crippen MR) is 213 cm³/mol. The summed E-state index contributed by atoms with van der Waals surface area (Å²) in [5.74, 6) is -0.788. The molecule has 0 fully saturated rings. The Bertz CT molecular complexity index is 2750. The van der Waals surface area contributed by atoms with E-state index in [4.69, 9.17) is 13.5 Å². The fourth-order valence-electron chi connectivity index (χ4n) is 6.66. The number of para-hydroxylation sites is 1. The van der Waals surface area contributed by atoms with E-state index in [1.807, 2.05) is 42.6 Å². The van der Waals surface area contributed by atoms with Crippen LogP contribution >= 0.6 is 0 Å². The van der Waals surface area contributed by atoms with Crippen molar-refractivity contribution in [1.82, 2.24) is 9.97 Å². The van der Waals surface area contributed by atoms with Gasteiger partial charge in [0.1, 0.15) is 11.4 Å². The second kappa shape index (κ2) is 16.7. The molecule has 0 aliphatic heterocycles. The Balaban J connectivity index is 0.000000251. The van der Waals surface area contributed by atoms with Crippen molar-refractivity contribution in [3.63, 3.8) is 0 Å². The molecule has 7 heteroatoms. The van der Waals surface area contributed by atoms with Crippen LogP contribution in [0.4, 0.5) is 8.78 Å². The van der Waals surface area contributed by atoms with Crippen LogP contribution in [0.2, 0.25) is 0 Å². The zero-order valence-electron chi connectivity index (χ0n) is 33.5. The number of hydrogen-bond acceptors (Lipinski definition) is 4. The zero-order valence-corrected chi connectivity index (χ0v) is 32.9. The number of benzene rings is 5. The van der Waals surface area contributed by atoms with E-state index in [9.17, 15) is 14.0 Å². The van der Waals surface area contributed by atoms with Gasteiger partial charge < -0.3 is 14.4 Å². The molecule has 0 bridgehead atoms. The quantitative estimate of drug-likeness (QED) is 0.156. The van der Waals surface area contributed by atoms with E-state index in [1.165, 1.54) is 28.8 Å². The van der Waals surface area contributed by atoms with E-state index < -0.39 is 24.0 Å². The fourth-order valence-corrected chi connectivity index (χ4v) is 6.66. The fraction of sp³-hybridized carbons (Fsp3) is 0.146. The van der Waals surface area contributed by atoms with E-state index in [2.05, 4.69) is 99.4 Å². The summed E-state index contributed by atoms with van der Waals surface area (Å²) < 4.78 is 54.3. The molecule has 1 radical (unpaired) electrons. The standard InChI is InChI=1S/C36H29N2O.C12H8F2N.Ir/c1-22(2)31-18-24(21-37)19-32(23(3)4)34(31)26-16-17-38-33(20-26)30-15-9-14-29-28-13-8-12-27(35(28)39-36(29)30)25-10-6-5-7-11-25;1-8-7-15-12(6-11(8)14)9-2-4-10(13)5-3-9;/h5-14,16-20,22-23H,1-4H3;2,4-7H,1H3;/q2*-1;/i;1D3;. The first-order valence-electron chi connectivity index (χ1n) is 19.1. The molecule has 3 heterocycles. The summed E-state index contributed by atoms with van der Waals surface area (Å²) in [6.45, 7) is 6.18. The molecule has 0 aliphatic carbocycles. The van der Waals surface area contributed by atoms with Gasteiger partial charge in [0.2, 0.25) is 0 Å². The molecule has 0 amide bonds. The van der Waals surface area contributed by atoms with Gasteiger partial charge in [-0.05, 0) is 82.2 Å². The molecule has 0 atom stereocenters. The number of nitrogens with zero attached hydrogens (tertiary/aromatic N) is 3. The molecule has 0 saturated heterocycles. The van der Waals surface area contributed by atoms with Gasteiger partial charge in [-0.25, -0.2) is 4.39 Å². The first-order chi connectivity index (χ1) is 27.3. The Labute approximate surface area is 338 Å². The zero-order chi connectivity index (χ0) is 40.4. The van der Waals surface area contributed by atoms with Crippen LogP contribution in [0, 0.1) is 42.0 Å². The molecule has 0 spiro atoms. The van der Waals surface area contributed by atoms with Crippen molar-refractivity contribution in [1.29, 1.82) is 5.26 Å². The minimum absolute atomic E-state index is 0.